The molecule has 0 spiro atoms. The number of benzene rings is 2. The van der Waals surface area contributed by atoms with Gasteiger partial charge in [-0.2, -0.15) is 0 Å². The summed E-state index contributed by atoms with van der Waals surface area (Å²) in [4.78, 5) is 25.9. The average Bonchev–Trinajstić information content (AvgIpc) is 3.21. The summed E-state index contributed by atoms with van der Waals surface area (Å²) in [7, 11) is 0. The van der Waals surface area contributed by atoms with E-state index in [-0.39, 0.29) is 11.6 Å². The van der Waals surface area contributed by atoms with Gasteiger partial charge < -0.3 is 19.9 Å². The Labute approximate surface area is 215 Å². The van der Waals surface area contributed by atoms with Crippen LogP contribution in [0.4, 0.5) is 11.6 Å². The number of para-hydroxylation sites is 3. The van der Waals surface area contributed by atoms with E-state index in [1.807, 2.05) is 71.4 Å². The topological polar surface area (TPSA) is 90.7 Å². The van der Waals surface area contributed by atoms with Crippen LogP contribution in [0.1, 0.15) is 31.7 Å². The van der Waals surface area contributed by atoms with Crippen molar-refractivity contribution in [3.63, 3.8) is 0 Å². The maximum Gasteiger partial charge on any atom is 0.277 e. The zero-order chi connectivity index (χ0) is 25.4. The highest BCUT2D eigenvalue weighted by Gasteiger charge is 2.24. The predicted octanol–water partition coefficient (Wildman–Crippen LogP) is 4.93. The number of hydrogen-bond donors (Lipinski definition) is 1. The number of rotatable bonds is 5. The SMILES string of the molecule is CC/C=C/n1c(N2CCCC(N)C2)nc2ccn(CC3=Nc4ccccc4Oc4ccccc43)c(=O)c21. The van der Waals surface area contributed by atoms with Crippen molar-refractivity contribution < 1.29 is 4.74 Å². The summed E-state index contributed by atoms with van der Waals surface area (Å²) in [5.41, 5.74) is 9.75. The van der Waals surface area contributed by atoms with Crippen LogP contribution < -0.4 is 20.9 Å². The highest BCUT2D eigenvalue weighted by molar-refractivity contribution is 6.05. The Balaban J connectivity index is 1.47. The summed E-state index contributed by atoms with van der Waals surface area (Å²) in [6.07, 6.45) is 8.68. The number of aliphatic imine (C=N–C) groups is 1. The van der Waals surface area contributed by atoms with Gasteiger partial charge in [-0.05, 0) is 49.6 Å². The number of hydrogen-bond acceptors (Lipinski definition) is 6. The monoisotopic (exact) mass is 494 g/mol. The van der Waals surface area contributed by atoms with Crippen LogP contribution in [-0.2, 0) is 6.54 Å². The first-order valence-corrected chi connectivity index (χ1v) is 12.8. The summed E-state index contributed by atoms with van der Waals surface area (Å²) < 4.78 is 9.80. The summed E-state index contributed by atoms with van der Waals surface area (Å²) in [6, 6.07) is 17.5. The van der Waals surface area contributed by atoms with Gasteiger partial charge in [-0.1, -0.05) is 37.3 Å². The maximum atomic E-state index is 13.9. The Hall–Kier alpha value is -4.17. The molecular formula is C29H30N6O2. The lowest BCUT2D eigenvalue weighted by Crippen LogP contribution is -2.43. The van der Waals surface area contributed by atoms with Gasteiger partial charge in [0.2, 0.25) is 5.95 Å². The van der Waals surface area contributed by atoms with Crippen molar-refractivity contribution in [2.75, 3.05) is 18.0 Å². The van der Waals surface area contributed by atoms with Crippen molar-refractivity contribution in [1.29, 1.82) is 0 Å². The third-order valence-electron chi connectivity index (χ3n) is 6.88. The summed E-state index contributed by atoms with van der Waals surface area (Å²) in [6.45, 7) is 3.98. The molecule has 1 unspecified atom stereocenters. The van der Waals surface area contributed by atoms with Gasteiger partial charge in [0, 0.05) is 37.1 Å². The molecule has 2 aliphatic rings. The minimum atomic E-state index is -0.114. The number of fused-ring (bicyclic) bond motifs is 3. The highest BCUT2D eigenvalue weighted by Crippen LogP contribution is 2.37. The molecule has 8 heteroatoms. The molecule has 188 valence electrons. The van der Waals surface area contributed by atoms with Crippen LogP contribution in [0.3, 0.4) is 0 Å². The van der Waals surface area contributed by atoms with Crippen molar-refractivity contribution >= 4 is 34.6 Å². The molecule has 1 saturated heterocycles. The molecule has 6 rings (SSSR count). The quantitative estimate of drug-likeness (QED) is 0.425. The second-order valence-corrected chi connectivity index (χ2v) is 9.53. The number of allylic oxidation sites excluding steroid dienone is 1. The van der Waals surface area contributed by atoms with Crippen LogP contribution in [0.2, 0.25) is 0 Å². The van der Waals surface area contributed by atoms with E-state index in [0.717, 1.165) is 61.0 Å². The molecule has 2 aromatic heterocycles. The number of ether oxygens (including phenoxy) is 1. The van der Waals surface area contributed by atoms with E-state index in [9.17, 15) is 4.79 Å². The van der Waals surface area contributed by atoms with Crippen LogP contribution in [0.5, 0.6) is 11.5 Å². The van der Waals surface area contributed by atoms with Crippen molar-refractivity contribution in [3.8, 4) is 11.5 Å². The Morgan fingerprint density at radius 1 is 1.11 bits per heavy atom. The van der Waals surface area contributed by atoms with Crippen LogP contribution in [0.15, 0.2) is 76.7 Å². The summed E-state index contributed by atoms with van der Waals surface area (Å²) in [5, 5.41) is 0. The van der Waals surface area contributed by atoms with E-state index in [1.165, 1.54) is 0 Å². The maximum absolute atomic E-state index is 13.9. The van der Waals surface area contributed by atoms with Crippen molar-refractivity contribution in [2.24, 2.45) is 10.7 Å². The fourth-order valence-electron chi connectivity index (χ4n) is 5.06. The number of aromatic nitrogens is 3. The van der Waals surface area contributed by atoms with E-state index in [0.29, 0.717) is 23.3 Å². The molecule has 4 heterocycles. The molecule has 4 aromatic rings. The van der Waals surface area contributed by atoms with Gasteiger partial charge in [0.25, 0.3) is 5.56 Å². The van der Waals surface area contributed by atoms with Crippen LogP contribution in [0, 0.1) is 0 Å². The standard InChI is InChI=1S/C29H30N6O2/c1-2-3-16-35-27-23(32-29(35)34-15-8-9-20(30)18-34)14-17-33(28(27)36)19-24-21-10-4-6-12-25(21)37-26-13-7-5-11-22(26)31-24/h3-7,10-14,16-17,20H,2,8-9,15,18-19,30H2,1H3/b16-3+. The minimum Gasteiger partial charge on any atom is -0.454 e. The van der Waals surface area contributed by atoms with Gasteiger partial charge in [0.15, 0.2) is 5.75 Å². The molecule has 0 saturated carbocycles. The lowest BCUT2D eigenvalue weighted by atomic mass is 10.1. The van der Waals surface area contributed by atoms with Crippen molar-refractivity contribution in [3.05, 3.63) is 82.8 Å². The van der Waals surface area contributed by atoms with Gasteiger partial charge in [-0.25, -0.2) is 9.98 Å². The van der Waals surface area contributed by atoms with Gasteiger partial charge in [-0.15, -0.1) is 0 Å². The number of piperidine rings is 1. The van der Waals surface area contributed by atoms with Crippen LogP contribution >= 0.6 is 0 Å². The van der Waals surface area contributed by atoms with Crippen molar-refractivity contribution in [2.45, 2.75) is 38.8 Å². The molecule has 1 fully saturated rings. The normalized spacial score (nSPS) is 17.3. The second kappa shape index (κ2) is 9.71. The van der Waals surface area contributed by atoms with Gasteiger partial charge >= 0.3 is 0 Å². The molecule has 8 nitrogen and oxygen atoms in total. The van der Waals surface area contributed by atoms with Gasteiger partial charge in [0.05, 0.1) is 17.8 Å². The second-order valence-electron chi connectivity index (χ2n) is 9.53. The molecular weight excluding hydrogens is 464 g/mol. The summed E-state index contributed by atoms with van der Waals surface area (Å²) in [5.74, 6) is 2.18. The molecule has 0 amide bonds. The predicted molar refractivity (Wildman–Crippen MR) is 148 cm³/mol. The van der Waals surface area contributed by atoms with Crippen molar-refractivity contribution in [1.82, 2.24) is 14.1 Å². The van der Waals surface area contributed by atoms with Crippen LogP contribution in [-0.4, -0.2) is 39.0 Å². The first-order chi connectivity index (χ1) is 18.1. The third kappa shape index (κ3) is 4.34. The molecule has 0 radical (unpaired) electrons. The number of pyridine rings is 1. The smallest absolute Gasteiger partial charge is 0.277 e. The Morgan fingerprint density at radius 2 is 1.92 bits per heavy atom. The molecule has 2 N–H and O–H groups in total. The zero-order valence-corrected chi connectivity index (χ0v) is 20.9. The minimum absolute atomic E-state index is 0.104. The number of nitrogens with zero attached hydrogens (tertiary/aromatic N) is 5. The zero-order valence-electron chi connectivity index (χ0n) is 20.9. The third-order valence-corrected chi connectivity index (χ3v) is 6.88. The Morgan fingerprint density at radius 3 is 2.76 bits per heavy atom. The average molecular weight is 495 g/mol. The van der Waals surface area contributed by atoms with E-state index in [1.54, 1.807) is 10.8 Å². The Bertz CT molecular complexity index is 1580. The van der Waals surface area contributed by atoms with E-state index in [2.05, 4.69) is 11.8 Å². The lowest BCUT2D eigenvalue weighted by Gasteiger charge is -2.31. The largest absolute Gasteiger partial charge is 0.454 e. The molecule has 1 atom stereocenters. The molecule has 2 aliphatic heterocycles. The van der Waals surface area contributed by atoms with Gasteiger partial charge in [-0.3, -0.25) is 9.36 Å². The van der Waals surface area contributed by atoms with Gasteiger partial charge in [0.1, 0.15) is 17.0 Å². The number of imidazole rings is 1. The fourth-order valence-corrected chi connectivity index (χ4v) is 5.06. The Kier molecular flexibility index (Phi) is 6.10. The van der Waals surface area contributed by atoms with Crippen LogP contribution in [0.25, 0.3) is 17.2 Å². The number of anilines is 1. The molecule has 0 aliphatic carbocycles. The van der Waals surface area contributed by atoms with E-state index in [4.69, 9.17) is 20.4 Å². The summed E-state index contributed by atoms with van der Waals surface area (Å²) >= 11 is 0. The van der Waals surface area contributed by atoms with E-state index < -0.39 is 0 Å². The number of nitrogens with two attached hydrogens (primary N) is 1. The molecule has 37 heavy (non-hydrogen) atoms. The van der Waals surface area contributed by atoms with E-state index >= 15 is 0 Å². The lowest BCUT2D eigenvalue weighted by molar-refractivity contribution is 0.484. The molecule has 2 aromatic carbocycles. The molecule has 0 bridgehead atoms. The first kappa shape index (κ1) is 23.2. The fraction of sp³-hybridized carbons (Fsp3) is 0.276. The highest BCUT2D eigenvalue weighted by atomic mass is 16.5. The first-order valence-electron chi connectivity index (χ1n) is 12.8.